The van der Waals surface area contributed by atoms with Crippen molar-refractivity contribution in [3.8, 4) is 5.69 Å². The van der Waals surface area contributed by atoms with Crippen LogP contribution in [0.5, 0.6) is 0 Å². The minimum atomic E-state index is -0.658. The highest BCUT2D eigenvalue weighted by Crippen LogP contribution is 2.21. The van der Waals surface area contributed by atoms with Crippen LogP contribution in [0.2, 0.25) is 0 Å². The van der Waals surface area contributed by atoms with E-state index in [0.29, 0.717) is 16.7 Å². The first-order valence-electron chi connectivity index (χ1n) is 7.79. The lowest BCUT2D eigenvalue weighted by Crippen LogP contribution is -2.21. The van der Waals surface area contributed by atoms with E-state index in [9.17, 15) is 9.59 Å². The van der Waals surface area contributed by atoms with E-state index in [1.165, 1.54) is 0 Å². The van der Waals surface area contributed by atoms with Gasteiger partial charge in [0.1, 0.15) is 11.1 Å². The molecule has 25 heavy (non-hydrogen) atoms. The predicted molar refractivity (Wildman–Crippen MR) is 96.2 cm³/mol. The zero-order chi connectivity index (χ0) is 17.2. The molecule has 5 nitrogen and oxygen atoms in total. The normalized spacial score (nSPS) is 10.7. The van der Waals surface area contributed by atoms with Crippen molar-refractivity contribution in [1.82, 2.24) is 4.57 Å². The number of aromatic nitrogens is 1. The zero-order valence-corrected chi connectivity index (χ0v) is 13.2. The van der Waals surface area contributed by atoms with E-state index in [1.807, 2.05) is 53.4 Å². The molecule has 2 heterocycles. The molecule has 0 unspecified atom stereocenters. The van der Waals surface area contributed by atoms with Crippen molar-refractivity contribution in [1.29, 1.82) is 0 Å². The number of para-hydroxylation sites is 3. The van der Waals surface area contributed by atoms with E-state index in [2.05, 4.69) is 5.32 Å². The molecular weight excluding hydrogens is 316 g/mol. The third kappa shape index (κ3) is 2.83. The molecule has 4 rings (SSSR count). The Balaban J connectivity index is 1.72. The van der Waals surface area contributed by atoms with Crippen LogP contribution in [0.25, 0.3) is 16.7 Å². The Bertz CT molecular complexity index is 1110. The van der Waals surface area contributed by atoms with Gasteiger partial charge in [-0.3, -0.25) is 4.79 Å². The Hall–Kier alpha value is -3.60. The number of amides is 1. The van der Waals surface area contributed by atoms with Crippen LogP contribution >= 0.6 is 0 Å². The van der Waals surface area contributed by atoms with Gasteiger partial charge < -0.3 is 14.3 Å². The quantitative estimate of drug-likeness (QED) is 0.581. The Morgan fingerprint density at radius 1 is 0.920 bits per heavy atom. The van der Waals surface area contributed by atoms with Crippen LogP contribution in [0.15, 0.2) is 88.3 Å². The van der Waals surface area contributed by atoms with Gasteiger partial charge in [-0.15, -0.1) is 0 Å². The summed E-state index contributed by atoms with van der Waals surface area (Å²) >= 11 is 0. The lowest BCUT2D eigenvalue weighted by Gasteiger charge is -2.11. The molecule has 4 aromatic rings. The van der Waals surface area contributed by atoms with Crippen molar-refractivity contribution >= 4 is 22.6 Å². The smallest absolute Gasteiger partial charge is 0.349 e. The third-order valence-corrected chi connectivity index (χ3v) is 3.92. The molecule has 0 aliphatic rings. The van der Waals surface area contributed by atoms with Gasteiger partial charge in [0.2, 0.25) is 0 Å². The van der Waals surface area contributed by atoms with Crippen molar-refractivity contribution in [3.05, 3.63) is 95.1 Å². The first kappa shape index (κ1) is 15.0. The molecule has 0 aliphatic carbocycles. The van der Waals surface area contributed by atoms with Crippen molar-refractivity contribution < 1.29 is 9.21 Å². The number of anilines is 1. The van der Waals surface area contributed by atoms with Crippen molar-refractivity contribution in [2.24, 2.45) is 0 Å². The molecule has 0 bridgehead atoms. The molecule has 0 aliphatic heterocycles. The maximum atomic E-state index is 12.6. The Kier molecular flexibility index (Phi) is 3.67. The Labute approximate surface area is 143 Å². The summed E-state index contributed by atoms with van der Waals surface area (Å²) in [6.45, 7) is 0. The Morgan fingerprint density at radius 2 is 1.64 bits per heavy atom. The van der Waals surface area contributed by atoms with E-state index < -0.39 is 11.5 Å². The number of hydrogen-bond donors (Lipinski definition) is 1. The lowest BCUT2D eigenvalue weighted by atomic mass is 10.1. The molecule has 1 N–H and O–H groups in total. The molecule has 1 amide bonds. The largest absolute Gasteiger partial charge is 0.422 e. The van der Waals surface area contributed by atoms with E-state index in [0.717, 1.165) is 5.69 Å². The number of fused-ring (bicyclic) bond motifs is 1. The van der Waals surface area contributed by atoms with Crippen LogP contribution < -0.4 is 10.9 Å². The van der Waals surface area contributed by atoms with Crippen LogP contribution in [-0.4, -0.2) is 10.5 Å². The van der Waals surface area contributed by atoms with Gasteiger partial charge in [-0.1, -0.05) is 30.3 Å². The summed E-state index contributed by atoms with van der Waals surface area (Å²) < 4.78 is 7.12. The van der Waals surface area contributed by atoms with E-state index >= 15 is 0 Å². The number of carbonyl (C=O) groups excluding carboxylic acids is 1. The topological polar surface area (TPSA) is 64.2 Å². The standard InChI is InChI=1S/C20H14N2O3/c23-19(15-13-14-7-1-4-10-18(14)25-20(15)24)21-16-8-2-3-9-17(16)22-11-5-6-12-22/h1-13H,(H,21,23). The fourth-order valence-electron chi connectivity index (χ4n) is 2.71. The number of nitrogens with one attached hydrogen (secondary N) is 1. The SMILES string of the molecule is O=C(Nc1ccccc1-n1cccc1)c1cc2ccccc2oc1=O. The van der Waals surface area contributed by atoms with E-state index in [1.54, 1.807) is 30.3 Å². The van der Waals surface area contributed by atoms with Crippen molar-refractivity contribution in [2.75, 3.05) is 5.32 Å². The van der Waals surface area contributed by atoms with Gasteiger partial charge in [-0.2, -0.15) is 0 Å². The highest BCUT2D eigenvalue weighted by molar-refractivity contribution is 6.06. The molecule has 0 saturated heterocycles. The number of carbonyl (C=O) groups is 1. The molecule has 2 aromatic heterocycles. The van der Waals surface area contributed by atoms with Gasteiger partial charge in [0.25, 0.3) is 5.91 Å². The molecule has 122 valence electrons. The molecule has 0 atom stereocenters. The van der Waals surface area contributed by atoms with Crippen LogP contribution in [0.3, 0.4) is 0 Å². The van der Waals surface area contributed by atoms with Gasteiger partial charge in [0, 0.05) is 17.8 Å². The molecule has 0 fully saturated rings. The maximum absolute atomic E-state index is 12.6. The van der Waals surface area contributed by atoms with Gasteiger partial charge >= 0.3 is 5.63 Å². The molecule has 0 radical (unpaired) electrons. The third-order valence-electron chi connectivity index (χ3n) is 3.92. The van der Waals surface area contributed by atoms with Crippen LogP contribution in [-0.2, 0) is 0 Å². The minimum Gasteiger partial charge on any atom is -0.422 e. The van der Waals surface area contributed by atoms with Gasteiger partial charge in [-0.05, 0) is 36.4 Å². The van der Waals surface area contributed by atoms with E-state index in [-0.39, 0.29) is 5.56 Å². The summed E-state index contributed by atoms with van der Waals surface area (Å²) in [7, 11) is 0. The predicted octanol–water partition coefficient (Wildman–Crippen LogP) is 3.84. The average Bonchev–Trinajstić information content (AvgIpc) is 3.16. The minimum absolute atomic E-state index is 0.0268. The number of rotatable bonds is 3. The summed E-state index contributed by atoms with van der Waals surface area (Å²) in [6.07, 6.45) is 3.77. The first-order chi connectivity index (χ1) is 12.2. The second-order valence-corrected chi connectivity index (χ2v) is 5.55. The van der Waals surface area contributed by atoms with Gasteiger partial charge in [0.05, 0.1) is 11.4 Å². The number of benzene rings is 2. The summed E-state index contributed by atoms with van der Waals surface area (Å²) in [5, 5.41) is 3.50. The Morgan fingerprint density at radius 3 is 2.48 bits per heavy atom. The zero-order valence-electron chi connectivity index (χ0n) is 13.2. The van der Waals surface area contributed by atoms with Crippen LogP contribution in [0.4, 0.5) is 5.69 Å². The molecule has 0 saturated carbocycles. The van der Waals surface area contributed by atoms with Crippen molar-refractivity contribution in [2.45, 2.75) is 0 Å². The summed E-state index contributed by atoms with van der Waals surface area (Å²) in [6, 6.07) is 19.8. The van der Waals surface area contributed by atoms with Gasteiger partial charge in [-0.25, -0.2) is 4.79 Å². The second-order valence-electron chi connectivity index (χ2n) is 5.55. The highest BCUT2D eigenvalue weighted by Gasteiger charge is 2.15. The van der Waals surface area contributed by atoms with Crippen LogP contribution in [0, 0.1) is 0 Å². The summed E-state index contributed by atoms with van der Waals surface area (Å²) in [4.78, 5) is 24.8. The lowest BCUT2D eigenvalue weighted by molar-refractivity contribution is 0.102. The second kappa shape index (κ2) is 6.13. The molecule has 5 heteroatoms. The first-order valence-corrected chi connectivity index (χ1v) is 7.79. The maximum Gasteiger partial charge on any atom is 0.349 e. The van der Waals surface area contributed by atoms with Crippen molar-refractivity contribution in [3.63, 3.8) is 0 Å². The average molecular weight is 330 g/mol. The molecular formula is C20H14N2O3. The number of nitrogens with zero attached hydrogens (tertiary/aromatic N) is 1. The monoisotopic (exact) mass is 330 g/mol. The fraction of sp³-hybridized carbons (Fsp3) is 0. The summed E-state index contributed by atoms with van der Waals surface area (Å²) in [5.74, 6) is -0.501. The van der Waals surface area contributed by atoms with Gasteiger partial charge in [0.15, 0.2) is 0 Å². The highest BCUT2D eigenvalue weighted by atomic mass is 16.4. The fourth-order valence-corrected chi connectivity index (χ4v) is 2.71. The summed E-state index contributed by atoms with van der Waals surface area (Å²) in [5.41, 5.74) is 1.19. The molecule has 0 spiro atoms. The van der Waals surface area contributed by atoms with E-state index in [4.69, 9.17) is 4.42 Å². The molecule has 2 aromatic carbocycles. The number of hydrogen-bond acceptors (Lipinski definition) is 3. The van der Waals surface area contributed by atoms with Crippen LogP contribution in [0.1, 0.15) is 10.4 Å².